The molecule has 26 heavy (non-hydrogen) atoms. The van der Waals surface area contributed by atoms with Crippen molar-refractivity contribution in [2.45, 2.75) is 17.9 Å². The van der Waals surface area contributed by atoms with Crippen molar-refractivity contribution in [3.8, 4) is 11.5 Å². The molecule has 1 aliphatic rings. The largest absolute Gasteiger partial charge is 0.457 e. The molecule has 1 saturated heterocycles. The molecule has 3 amide bonds. The summed E-state index contributed by atoms with van der Waals surface area (Å²) in [6.07, 6.45) is 0. The number of aryl methyl sites for hydroxylation is 1. The summed E-state index contributed by atoms with van der Waals surface area (Å²) < 4.78 is 32.8. The van der Waals surface area contributed by atoms with E-state index in [1.165, 1.54) is 12.1 Å². The average molecular weight is 375 g/mol. The standard InChI is InChI=1S/C17H17N3O5S/c1-11-5-7-12(8-6-11)25-13-3-2-4-14(9-13)26(23,24)18-10-15-16(21)20-17(22)19-15/h2-9,15,18H,10H2,1H3,(H2,19,20,21,22)/t15-/m0/s1. The zero-order chi connectivity index (χ0) is 18.7. The first-order valence-electron chi connectivity index (χ1n) is 7.79. The number of benzene rings is 2. The van der Waals surface area contributed by atoms with Crippen molar-refractivity contribution in [1.29, 1.82) is 0 Å². The number of carbonyl (C=O) groups excluding carboxylic acids is 2. The van der Waals surface area contributed by atoms with Gasteiger partial charge in [0.25, 0.3) is 5.91 Å². The smallest absolute Gasteiger partial charge is 0.322 e. The van der Waals surface area contributed by atoms with Gasteiger partial charge < -0.3 is 10.1 Å². The second-order valence-electron chi connectivity index (χ2n) is 5.76. The molecule has 3 rings (SSSR count). The third kappa shape index (κ3) is 4.19. The lowest BCUT2D eigenvalue weighted by Crippen LogP contribution is -2.41. The number of amides is 3. The molecule has 9 heteroatoms. The van der Waals surface area contributed by atoms with Crippen LogP contribution in [0.1, 0.15) is 5.56 Å². The van der Waals surface area contributed by atoms with E-state index in [0.717, 1.165) is 5.56 Å². The molecule has 3 N–H and O–H groups in total. The summed E-state index contributed by atoms with van der Waals surface area (Å²) in [7, 11) is -3.87. The van der Waals surface area contributed by atoms with Crippen LogP contribution in [0.25, 0.3) is 0 Å². The average Bonchev–Trinajstić information content (AvgIpc) is 2.93. The minimum Gasteiger partial charge on any atom is -0.457 e. The summed E-state index contributed by atoms with van der Waals surface area (Å²) in [4.78, 5) is 22.5. The maximum Gasteiger partial charge on any atom is 0.322 e. The van der Waals surface area contributed by atoms with E-state index >= 15 is 0 Å². The van der Waals surface area contributed by atoms with Gasteiger partial charge in [0.15, 0.2) is 0 Å². The predicted octanol–water partition coefficient (Wildman–Crippen LogP) is 1.27. The van der Waals surface area contributed by atoms with E-state index in [2.05, 4.69) is 10.0 Å². The van der Waals surface area contributed by atoms with Crippen molar-refractivity contribution in [3.63, 3.8) is 0 Å². The molecule has 0 bridgehead atoms. The molecule has 0 unspecified atom stereocenters. The van der Waals surface area contributed by atoms with Crippen molar-refractivity contribution >= 4 is 22.0 Å². The highest BCUT2D eigenvalue weighted by Crippen LogP contribution is 2.24. The van der Waals surface area contributed by atoms with Crippen LogP contribution in [0.3, 0.4) is 0 Å². The van der Waals surface area contributed by atoms with Crippen LogP contribution in [-0.4, -0.2) is 32.9 Å². The van der Waals surface area contributed by atoms with E-state index in [-0.39, 0.29) is 11.4 Å². The Morgan fingerprint density at radius 1 is 1.08 bits per heavy atom. The monoisotopic (exact) mass is 375 g/mol. The van der Waals surface area contributed by atoms with Crippen LogP contribution >= 0.6 is 0 Å². The van der Waals surface area contributed by atoms with Gasteiger partial charge in [0.05, 0.1) is 4.90 Å². The normalized spacial score (nSPS) is 16.9. The zero-order valence-electron chi connectivity index (χ0n) is 13.9. The lowest BCUT2D eigenvalue weighted by molar-refractivity contribution is -0.120. The number of ether oxygens (including phenoxy) is 1. The molecule has 1 fully saturated rings. The Kier molecular flexibility index (Phi) is 4.92. The van der Waals surface area contributed by atoms with Gasteiger partial charge in [-0.3, -0.25) is 10.1 Å². The van der Waals surface area contributed by atoms with Crippen LogP contribution in [-0.2, 0) is 14.8 Å². The van der Waals surface area contributed by atoms with Gasteiger partial charge in [-0.1, -0.05) is 23.8 Å². The molecule has 1 atom stereocenters. The fraction of sp³-hybridized carbons (Fsp3) is 0.176. The number of urea groups is 1. The Bertz CT molecular complexity index is 941. The number of hydrogen-bond donors (Lipinski definition) is 3. The molecule has 136 valence electrons. The Morgan fingerprint density at radius 3 is 2.46 bits per heavy atom. The second-order valence-corrected chi connectivity index (χ2v) is 7.52. The molecule has 0 aromatic heterocycles. The van der Waals surface area contributed by atoms with Gasteiger partial charge in [0.2, 0.25) is 10.0 Å². The highest BCUT2D eigenvalue weighted by Gasteiger charge is 2.30. The van der Waals surface area contributed by atoms with Gasteiger partial charge in [0.1, 0.15) is 17.5 Å². The van der Waals surface area contributed by atoms with Crippen LogP contribution in [0.5, 0.6) is 11.5 Å². The number of imide groups is 1. The lowest BCUT2D eigenvalue weighted by atomic mass is 10.2. The van der Waals surface area contributed by atoms with Gasteiger partial charge in [-0.25, -0.2) is 17.9 Å². The SMILES string of the molecule is Cc1ccc(Oc2cccc(S(=O)(=O)NC[C@@H]3NC(=O)NC3=O)c2)cc1. The summed E-state index contributed by atoms with van der Waals surface area (Å²) >= 11 is 0. The molecule has 0 radical (unpaired) electrons. The summed E-state index contributed by atoms with van der Waals surface area (Å²) in [6.45, 7) is 1.71. The summed E-state index contributed by atoms with van der Waals surface area (Å²) in [5, 5.41) is 4.36. The van der Waals surface area contributed by atoms with E-state index in [4.69, 9.17) is 4.74 Å². The molecule has 0 aliphatic carbocycles. The maximum absolute atomic E-state index is 12.4. The van der Waals surface area contributed by atoms with Crippen molar-refractivity contribution < 1.29 is 22.7 Å². The first kappa shape index (κ1) is 17.9. The summed E-state index contributed by atoms with van der Waals surface area (Å²) in [5.74, 6) is 0.376. The van der Waals surface area contributed by atoms with Crippen molar-refractivity contribution in [3.05, 3.63) is 54.1 Å². The Hall–Kier alpha value is -2.91. The van der Waals surface area contributed by atoms with E-state index in [9.17, 15) is 18.0 Å². The Labute approximate surface area is 150 Å². The quantitative estimate of drug-likeness (QED) is 0.658. The second kappa shape index (κ2) is 7.14. The van der Waals surface area contributed by atoms with Gasteiger partial charge in [-0.05, 0) is 31.2 Å². The Morgan fingerprint density at radius 2 is 1.81 bits per heavy atom. The number of rotatable bonds is 6. The molecule has 1 heterocycles. The minimum atomic E-state index is -3.87. The van der Waals surface area contributed by atoms with E-state index in [1.807, 2.05) is 24.4 Å². The first-order valence-corrected chi connectivity index (χ1v) is 9.27. The van der Waals surface area contributed by atoms with E-state index in [0.29, 0.717) is 11.5 Å². The molecule has 0 saturated carbocycles. The van der Waals surface area contributed by atoms with Crippen LogP contribution < -0.4 is 20.1 Å². The highest BCUT2D eigenvalue weighted by molar-refractivity contribution is 7.89. The van der Waals surface area contributed by atoms with Crippen molar-refractivity contribution in [2.75, 3.05) is 6.54 Å². The molecular formula is C17H17N3O5S. The van der Waals surface area contributed by atoms with Gasteiger partial charge in [-0.15, -0.1) is 0 Å². The number of sulfonamides is 1. The maximum atomic E-state index is 12.4. The highest BCUT2D eigenvalue weighted by atomic mass is 32.2. The van der Waals surface area contributed by atoms with Gasteiger partial charge in [-0.2, -0.15) is 0 Å². The number of carbonyl (C=O) groups is 2. The van der Waals surface area contributed by atoms with E-state index in [1.54, 1.807) is 24.3 Å². The van der Waals surface area contributed by atoms with Crippen LogP contribution in [0.15, 0.2) is 53.4 Å². The van der Waals surface area contributed by atoms with Gasteiger partial charge >= 0.3 is 6.03 Å². The third-order valence-corrected chi connectivity index (χ3v) is 5.13. The molecule has 2 aromatic rings. The van der Waals surface area contributed by atoms with Gasteiger partial charge in [0, 0.05) is 12.6 Å². The molecule has 1 aliphatic heterocycles. The Balaban J connectivity index is 1.70. The van der Waals surface area contributed by atoms with Crippen LogP contribution in [0.2, 0.25) is 0 Å². The number of nitrogens with one attached hydrogen (secondary N) is 3. The lowest BCUT2D eigenvalue weighted by Gasteiger charge is -2.11. The van der Waals surface area contributed by atoms with Crippen molar-refractivity contribution in [2.24, 2.45) is 0 Å². The first-order chi connectivity index (χ1) is 12.3. The summed E-state index contributed by atoms with van der Waals surface area (Å²) in [6, 6.07) is 11.8. The minimum absolute atomic E-state index is 0.00755. The topological polar surface area (TPSA) is 114 Å². The fourth-order valence-electron chi connectivity index (χ4n) is 2.33. The van der Waals surface area contributed by atoms with Crippen LogP contribution in [0, 0.1) is 6.92 Å². The van der Waals surface area contributed by atoms with E-state index < -0.39 is 28.0 Å². The third-order valence-electron chi connectivity index (χ3n) is 3.71. The van der Waals surface area contributed by atoms with Crippen molar-refractivity contribution in [1.82, 2.24) is 15.4 Å². The molecular weight excluding hydrogens is 358 g/mol. The molecule has 8 nitrogen and oxygen atoms in total. The zero-order valence-corrected chi connectivity index (χ0v) is 14.7. The predicted molar refractivity (Wildman–Crippen MR) is 93.3 cm³/mol. The fourth-order valence-corrected chi connectivity index (χ4v) is 3.41. The molecule has 0 spiro atoms. The van der Waals surface area contributed by atoms with Crippen LogP contribution in [0.4, 0.5) is 4.79 Å². The summed E-state index contributed by atoms with van der Waals surface area (Å²) in [5.41, 5.74) is 1.08. The number of hydrogen-bond acceptors (Lipinski definition) is 5. The molecule has 2 aromatic carbocycles.